The fourth-order valence-electron chi connectivity index (χ4n) is 0.739. The molecule has 0 unspecified atom stereocenters. The van der Waals surface area contributed by atoms with Crippen LogP contribution in [0.25, 0.3) is 0 Å². The molecule has 0 saturated heterocycles. The standard InChI is InChI=1S/C9H18N2O2/c1-5-11(7-6-10)8(12)13-9(2,3)4/h1H,5-7,10H2,2-4H3. The molecule has 2 N–H and O–H groups in total. The van der Waals surface area contributed by atoms with Crippen molar-refractivity contribution in [3.8, 4) is 0 Å². The van der Waals surface area contributed by atoms with Crippen molar-refractivity contribution in [1.29, 1.82) is 0 Å². The Hall–Kier alpha value is -0.770. The molecular formula is C9H18N2O2. The zero-order valence-corrected chi connectivity index (χ0v) is 8.54. The second-order valence-electron chi connectivity index (χ2n) is 3.72. The van der Waals surface area contributed by atoms with Crippen molar-refractivity contribution in [2.24, 2.45) is 5.73 Å². The minimum absolute atomic E-state index is 0.131. The summed E-state index contributed by atoms with van der Waals surface area (Å²) in [6.45, 7) is 11.7. The van der Waals surface area contributed by atoms with Gasteiger partial charge in [-0.05, 0) is 27.7 Å². The molecule has 0 aliphatic carbocycles. The number of hydrogen-bond acceptors (Lipinski definition) is 3. The van der Waals surface area contributed by atoms with E-state index in [1.165, 1.54) is 4.90 Å². The van der Waals surface area contributed by atoms with Gasteiger partial charge in [-0.2, -0.15) is 0 Å². The maximum Gasteiger partial charge on any atom is 0.410 e. The summed E-state index contributed by atoms with van der Waals surface area (Å²) >= 11 is 0. The lowest BCUT2D eigenvalue weighted by atomic mass is 10.2. The van der Waals surface area contributed by atoms with Crippen LogP contribution in [-0.4, -0.2) is 36.2 Å². The fourth-order valence-corrected chi connectivity index (χ4v) is 0.739. The second kappa shape index (κ2) is 5.07. The second-order valence-corrected chi connectivity index (χ2v) is 3.72. The Bertz CT molecular complexity index is 163. The van der Waals surface area contributed by atoms with Crippen molar-refractivity contribution < 1.29 is 9.53 Å². The average Bonchev–Trinajstić information content (AvgIpc) is 1.96. The topological polar surface area (TPSA) is 55.6 Å². The summed E-state index contributed by atoms with van der Waals surface area (Å²) in [5, 5.41) is 0. The lowest BCUT2D eigenvalue weighted by Gasteiger charge is -2.25. The molecule has 0 saturated carbocycles. The van der Waals surface area contributed by atoms with E-state index < -0.39 is 11.7 Å². The molecule has 0 heterocycles. The van der Waals surface area contributed by atoms with Crippen LogP contribution in [0.15, 0.2) is 0 Å². The van der Waals surface area contributed by atoms with Crippen LogP contribution < -0.4 is 5.73 Å². The summed E-state index contributed by atoms with van der Waals surface area (Å²) in [5.74, 6) is 0. The third-order valence-corrected chi connectivity index (χ3v) is 1.27. The molecule has 0 aromatic rings. The molecular weight excluding hydrogens is 168 g/mol. The van der Waals surface area contributed by atoms with E-state index in [9.17, 15) is 4.79 Å². The molecule has 2 radical (unpaired) electrons. The van der Waals surface area contributed by atoms with E-state index in [0.29, 0.717) is 13.1 Å². The van der Waals surface area contributed by atoms with Gasteiger partial charge in [-0.1, -0.05) is 0 Å². The maximum absolute atomic E-state index is 11.3. The van der Waals surface area contributed by atoms with Crippen LogP contribution in [0, 0.1) is 6.92 Å². The Balaban J connectivity index is 4.06. The van der Waals surface area contributed by atoms with Crippen molar-refractivity contribution in [1.82, 2.24) is 4.90 Å². The largest absolute Gasteiger partial charge is 0.444 e. The van der Waals surface area contributed by atoms with E-state index in [2.05, 4.69) is 0 Å². The first-order valence-corrected chi connectivity index (χ1v) is 4.28. The number of hydrogen-bond donors (Lipinski definition) is 1. The van der Waals surface area contributed by atoms with Crippen LogP contribution >= 0.6 is 0 Å². The first kappa shape index (κ1) is 12.2. The first-order chi connectivity index (χ1) is 5.90. The monoisotopic (exact) mass is 186 g/mol. The summed E-state index contributed by atoms with van der Waals surface area (Å²) in [5.41, 5.74) is 4.81. The van der Waals surface area contributed by atoms with Crippen molar-refractivity contribution in [2.45, 2.75) is 26.4 Å². The Morgan fingerprint density at radius 3 is 2.38 bits per heavy atom. The Morgan fingerprint density at radius 1 is 1.54 bits per heavy atom. The molecule has 0 bridgehead atoms. The molecule has 1 amide bonds. The Labute approximate surface area is 80.0 Å². The van der Waals surface area contributed by atoms with Crippen LogP contribution in [0.4, 0.5) is 4.79 Å². The maximum atomic E-state index is 11.3. The smallest absolute Gasteiger partial charge is 0.410 e. The highest BCUT2D eigenvalue weighted by atomic mass is 16.6. The van der Waals surface area contributed by atoms with E-state index in [4.69, 9.17) is 17.4 Å². The Kier molecular flexibility index (Phi) is 4.77. The van der Waals surface area contributed by atoms with E-state index >= 15 is 0 Å². The van der Waals surface area contributed by atoms with Crippen molar-refractivity contribution in [3.05, 3.63) is 6.92 Å². The molecule has 0 atom stereocenters. The molecule has 76 valence electrons. The fraction of sp³-hybridized carbons (Fsp3) is 0.778. The number of carbonyl (C=O) groups is 1. The molecule has 0 fully saturated rings. The third kappa shape index (κ3) is 5.47. The molecule has 0 aromatic carbocycles. The van der Waals surface area contributed by atoms with Gasteiger partial charge in [0.05, 0.1) is 0 Å². The minimum Gasteiger partial charge on any atom is -0.444 e. The molecule has 4 heteroatoms. The molecule has 0 aliphatic rings. The van der Waals surface area contributed by atoms with Gasteiger partial charge in [-0.25, -0.2) is 4.79 Å². The number of nitrogens with zero attached hydrogens (tertiary/aromatic N) is 1. The molecule has 0 aromatic heterocycles. The average molecular weight is 186 g/mol. The quantitative estimate of drug-likeness (QED) is 0.712. The normalized spacial score (nSPS) is 11.2. The zero-order chi connectivity index (χ0) is 10.5. The number of nitrogens with two attached hydrogens (primary N) is 1. The summed E-state index contributed by atoms with van der Waals surface area (Å²) in [7, 11) is 0. The van der Waals surface area contributed by atoms with Crippen molar-refractivity contribution in [3.63, 3.8) is 0 Å². The van der Waals surface area contributed by atoms with E-state index in [1.807, 2.05) is 20.8 Å². The lowest BCUT2D eigenvalue weighted by molar-refractivity contribution is 0.0276. The molecule has 13 heavy (non-hydrogen) atoms. The van der Waals surface area contributed by atoms with Gasteiger partial charge >= 0.3 is 6.09 Å². The van der Waals surface area contributed by atoms with Gasteiger partial charge in [-0.15, -0.1) is 0 Å². The summed E-state index contributed by atoms with van der Waals surface area (Å²) in [6, 6.07) is 0. The molecule has 0 aliphatic heterocycles. The molecule has 4 nitrogen and oxygen atoms in total. The van der Waals surface area contributed by atoms with E-state index in [0.717, 1.165) is 0 Å². The number of amides is 1. The number of carbonyl (C=O) groups excluding carboxylic acids is 1. The number of ether oxygens (including phenoxy) is 1. The van der Waals surface area contributed by atoms with E-state index in [1.54, 1.807) is 0 Å². The Morgan fingerprint density at radius 2 is 2.08 bits per heavy atom. The SMILES string of the molecule is [CH]CN(CCN)C(=O)OC(C)(C)C. The van der Waals surface area contributed by atoms with Crippen molar-refractivity contribution >= 4 is 6.09 Å². The lowest BCUT2D eigenvalue weighted by Crippen LogP contribution is -2.39. The summed E-state index contributed by atoms with van der Waals surface area (Å²) < 4.78 is 5.09. The van der Waals surface area contributed by atoms with Gasteiger partial charge in [-0.3, -0.25) is 0 Å². The third-order valence-electron chi connectivity index (χ3n) is 1.27. The van der Waals surface area contributed by atoms with Crippen LogP contribution in [0.1, 0.15) is 20.8 Å². The highest BCUT2D eigenvalue weighted by molar-refractivity contribution is 5.68. The highest BCUT2D eigenvalue weighted by Gasteiger charge is 2.20. The van der Waals surface area contributed by atoms with Gasteiger partial charge in [0, 0.05) is 19.6 Å². The van der Waals surface area contributed by atoms with Crippen molar-refractivity contribution in [2.75, 3.05) is 19.6 Å². The van der Waals surface area contributed by atoms with Gasteiger partial charge < -0.3 is 15.4 Å². The van der Waals surface area contributed by atoms with Crippen LogP contribution in [0.5, 0.6) is 0 Å². The van der Waals surface area contributed by atoms with Gasteiger partial charge in [0.25, 0.3) is 0 Å². The van der Waals surface area contributed by atoms with Gasteiger partial charge in [0.1, 0.15) is 5.60 Å². The molecule has 0 rings (SSSR count). The molecule has 0 spiro atoms. The minimum atomic E-state index is -0.487. The zero-order valence-electron chi connectivity index (χ0n) is 8.54. The number of rotatable bonds is 3. The van der Waals surface area contributed by atoms with Gasteiger partial charge in [0.15, 0.2) is 0 Å². The predicted octanol–water partition coefficient (Wildman–Crippen LogP) is 0.893. The van der Waals surface area contributed by atoms with Crippen LogP contribution in [-0.2, 0) is 4.74 Å². The predicted molar refractivity (Wildman–Crippen MR) is 51.2 cm³/mol. The summed E-state index contributed by atoms with van der Waals surface area (Å²) in [4.78, 5) is 12.7. The first-order valence-electron chi connectivity index (χ1n) is 4.28. The van der Waals surface area contributed by atoms with E-state index in [-0.39, 0.29) is 6.54 Å². The van der Waals surface area contributed by atoms with Crippen LogP contribution in [0.3, 0.4) is 0 Å². The van der Waals surface area contributed by atoms with Gasteiger partial charge in [0.2, 0.25) is 0 Å². The van der Waals surface area contributed by atoms with Crippen LogP contribution in [0.2, 0.25) is 0 Å². The highest BCUT2D eigenvalue weighted by Crippen LogP contribution is 2.09. The summed E-state index contributed by atoms with van der Waals surface area (Å²) in [6.07, 6.45) is -0.416.